The summed E-state index contributed by atoms with van der Waals surface area (Å²) in [6, 6.07) is 10.4. The number of aliphatic carboxylic acids is 1. The molecule has 1 aromatic carbocycles. The van der Waals surface area contributed by atoms with Crippen LogP contribution in [0.3, 0.4) is 0 Å². The van der Waals surface area contributed by atoms with Gasteiger partial charge in [-0.15, -0.1) is 11.8 Å². The minimum atomic E-state index is -0.715. The highest BCUT2D eigenvalue weighted by Gasteiger charge is 2.09. The number of carbonyl (C=O) groups is 1. The topological polar surface area (TPSA) is 37.3 Å². The SMILES string of the molecule is CC(SCCCCc1ccccc1)C(=O)O. The standard InChI is InChI=1S/C13H18O2S/c1-11(13(14)15)16-10-6-5-9-12-7-3-2-4-8-12/h2-4,7-8,11H,5-6,9-10H2,1H3,(H,14,15). The second kappa shape index (κ2) is 7.34. The Hall–Kier alpha value is -0.960. The molecule has 1 aromatic rings. The molecular weight excluding hydrogens is 220 g/mol. The fourth-order valence-electron chi connectivity index (χ4n) is 1.41. The Morgan fingerprint density at radius 3 is 2.62 bits per heavy atom. The van der Waals surface area contributed by atoms with Gasteiger partial charge >= 0.3 is 5.97 Å². The van der Waals surface area contributed by atoms with Gasteiger partial charge in [-0.05, 0) is 37.5 Å². The maximum atomic E-state index is 10.6. The maximum absolute atomic E-state index is 10.6. The number of carboxylic acid groups (broad SMARTS) is 1. The Labute approximate surface area is 101 Å². The van der Waals surface area contributed by atoms with Crippen molar-refractivity contribution >= 4 is 17.7 Å². The van der Waals surface area contributed by atoms with Gasteiger partial charge in [-0.2, -0.15) is 0 Å². The van der Waals surface area contributed by atoms with Gasteiger partial charge in [0.05, 0.1) is 5.25 Å². The third kappa shape index (κ3) is 5.21. The van der Waals surface area contributed by atoms with Gasteiger partial charge in [-0.25, -0.2) is 0 Å². The van der Waals surface area contributed by atoms with Gasteiger partial charge in [-0.1, -0.05) is 30.3 Å². The van der Waals surface area contributed by atoms with Crippen LogP contribution in [0.25, 0.3) is 0 Å². The molecule has 1 unspecified atom stereocenters. The molecule has 0 radical (unpaired) electrons. The maximum Gasteiger partial charge on any atom is 0.316 e. The van der Waals surface area contributed by atoms with Crippen LogP contribution in [0.15, 0.2) is 30.3 Å². The second-order valence-electron chi connectivity index (χ2n) is 3.79. The normalized spacial score (nSPS) is 12.3. The van der Waals surface area contributed by atoms with E-state index >= 15 is 0 Å². The lowest BCUT2D eigenvalue weighted by atomic mass is 10.1. The van der Waals surface area contributed by atoms with E-state index in [4.69, 9.17) is 5.11 Å². The van der Waals surface area contributed by atoms with Gasteiger partial charge in [-0.3, -0.25) is 4.79 Å². The summed E-state index contributed by atoms with van der Waals surface area (Å²) in [5, 5.41) is 8.41. The zero-order chi connectivity index (χ0) is 11.8. The molecule has 1 rings (SSSR count). The first-order valence-electron chi connectivity index (χ1n) is 5.58. The van der Waals surface area contributed by atoms with Crippen LogP contribution in [0.2, 0.25) is 0 Å². The Kier molecular flexibility index (Phi) is 6.01. The van der Waals surface area contributed by atoms with E-state index in [0.717, 1.165) is 25.0 Å². The smallest absolute Gasteiger partial charge is 0.316 e. The molecule has 1 atom stereocenters. The Balaban J connectivity index is 2.07. The second-order valence-corrected chi connectivity index (χ2v) is 5.24. The summed E-state index contributed by atoms with van der Waals surface area (Å²) in [5.74, 6) is 0.216. The van der Waals surface area contributed by atoms with E-state index in [1.807, 2.05) is 6.07 Å². The lowest BCUT2D eigenvalue weighted by Crippen LogP contribution is -2.11. The Morgan fingerprint density at radius 1 is 1.31 bits per heavy atom. The lowest BCUT2D eigenvalue weighted by molar-refractivity contribution is -0.136. The average Bonchev–Trinajstić information content (AvgIpc) is 2.29. The molecule has 0 spiro atoms. The van der Waals surface area contributed by atoms with Gasteiger partial charge in [0.25, 0.3) is 0 Å². The third-order valence-corrected chi connectivity index (χ3v) is 3.64. The van der Waals surface area contributed by atoms with Crippen molar-refractivity contribution in [1.82, 2.24) is 0 Å². The molecule has 88 valence electrons. The largest absolute Gasteiger partial charge is 0.480 e. The molecule has 0 heterocycles. The molecular formula is C13H18O2S. The summed E-state index contributed by atoms with van der Waals surface area (Å²) >= 11 is 1.52. The summed E-state index contributed by atoms with van der Waals surface area (Å²) in [6.45, 7) is 1.74. The number of carboxylic acids is 1. The number of unbranched alkanes of at least 4 members (excludes halogenated alkanes) is 1. The van der Waals surface area contributed by atoms with Crippen molar-refractivity contribution in [2.45, 2.75) is 31.4 Å². The van der Waals surface area contributed by atoms with Crippen LogP contribution in [-0.2, 0) is 11.2 Å². The summed E-state index contributed by atoms with van der Waals surface area (Å²) in [7, 11) is 0. The van der Waals surface area contributed by atoms with Gasteiger partial charge in [0, 0.05) is 0 Å². The number of thioether (sulfide) groups is 1. The lowest BCUT2D eigenvalue weighted by Gasteiger charge is -2.05. The highest BCUT2D eigenvalue weighted by Crippen LogP contribution is 2.14. The molecule has 3 heteroatoms. The molecule has 0 saturated heterocycles. The predicted octanol–water partition coefficient (Wildman–Crippen LogP) is 3.22. The first-order chi connectivity index (χ1) is 7.70. The first kappa shape index (κ1) is 13.1. The van der Waals surface area contributed by atoms with Crippen molar-refractivity contribution < 1.29 is 9.90 Å². The molecule has 0 aliphatic rings. The van der Waals surface area contributed by atoms with E-state index in [0.29, 0.717) is 0 Å². The first-order valence-corrected chi connectivity index (χ1v) is 6.63. The quantitative estimate of drug-likeness (QED) is 0.741. The van der Waals surface area contributed by atoms with Gasteiger partial charge in [0.15, 0.2) is 0 Å². The van der Waals surface area contributed by atoms with E-state index in [9.17, 15) is 4.79 Å². The molecule has 0 aromatic heterocycles. The molecule has 0 fully saturated rings. The number of hydrogen-bond donors (Lipinski definition) is 1. The van der Waals surface area contributed by atoms with Gasteiger partial charge in [0.2, 0.25) is 0 Å². The van der Waals surface area contributed by atoms with E-state index in [1.165, 1.54) is 17.3 Å². The van der Waals surface area contributed by atoms with Gasteiger partial charge in [0.1, 0.15) is 0 Å². The zero-order valence-corrected chi connectivity index (χ0v) is 10.4. The van der Waals surface area contributed by atoms with Crippen molar-refractivity contribution in [3.05, 3.63) is 35.9 Å². The predicted molar refractivity (Wildman–Crippen MR) is 68.9 cm³/mol. The molecule has 0 aliphatic heterocycles. The van der Waals surface area contributed by atoms with Crippen molar-refractivity contribution in [2.75, 3.05) is 5.75 Å². The highest BCUT2D eigenvalue weighted by molar-refractivity contribution is 8.00. The number of rotatable bonds is 7. The Morgan fingerprint density at radius 2 is 2.00 bits per heavy atom. The molecule has 0 saturated carbocycles. The number of hydrogen-bond acceptors (Lipinski definition) is 2. The average molecular weight is 238 g/mol. The van der Waals surface area contributed by atoms with Crippen LogP contribution in [0, 0.1) is 0 Å². The minimum absolute atomic E-state index is 0.281. The van der Waals surface area contributed by atoms with Gasteiger partial charge < -0.3 is 5.11 Å². The summed E-state index contributed by atoms with van der Waals surface area (Å²) in [6.07, 6.45) is 3.30. The fourth-order valence-corrected chi connectivity index (χ4v) is 2.27. The fraction of sp³-hybridized carbons (Fsp3) is 0.462. The molecule has 0 amide bonds. The van der Waals surface area contributed by atoms with Crippen molar-refractivity contribution in [1.29, 1.82) is 0 Å². The molecule has 2 nitrogen and oxygen atoms in total. The van der Waals surface area contributed by atoms with Crippen LogP contribution in [0.1, 0.15) is 25.3 Å². The van der Waals surface area contributed by atoms with Crippen LogP contribution in [-0.4, -0.2) is 22.1 Å². The van der Waals surface area contributed by atoms with E-state index in [1.54, 1.807) is 6.92 Å². The number of aryl methyl sites for hydroxylation is 1. The molecule has 0 aliphatic carbocycles. The van der Waals surface area contributed by atoms with Crippen LogP contribution in [0.4, 0.5) is 0 Å². The van der Waals surface area contributed by atoms with Crippen LogP contribution >= 0.6 is 11.8 Å². The highest BCUT2D eigenvalue weighted by atomic mass is 32.2. The van der Waals surface area contributed by atoms with Crippen LogP contribution in [0.5, 0.6) is 0 Å². The zero-order valence-electron chi connectivity index (χ0n) is 9.56. The summed E-state index contributed by atoms with van der Waals surface area (Å²) in [4.78, 5) is 10.6. The van der Waals surface area contributed by atoms with Crippen molar-refractivity contribution in [3.8, 4) is 0 Å². The molecule has 1 N–H and O–H groups in total. The van der Waals surface area contributed by atoms with E-state index in [-0.39, 0.29) is 5.25 Å². The summed E-state index contributed by atoms with van der Waals surface area (Å²) in [5.41, 5.74) is 1.36. The van der Waals surface area contributed by atoms with Crippen LogP contribution < -0.4 is 0 Å². The third-order valence-electron chi connectivity index (χ3n) is 2.42. The monoisotopic (exact) mass is 238 g/mol. The molecule has 0 bridgehead atoms. The van der Waals surface area contributed by atoms with E-state index < -0.39 is 5.97 Å². The van der Waals surface area contributed by atoms with Crippen molar-refractivity contribution in [2.24, 2.45) is 0 Å². The number of benzene rings is 1. The minimum Gasteiger partial charge on any atom is -0.480 e. The van der Waals surface area contributed by atoms with Crippen molar-refractivity contribution in [3.63, 3.8) is 0 Å². The summed E-state index contributed by atoms with van der Waals surface area (Å²) < 4.78 is 0. The molecule has 16 heavy (non-hydrogen) atoms. The Bertz CT molecular complexity index is 311. The van der Waals surface area contributed by atoms with E-state index in [2.05, 4.69) is 24.3 Å².